The molecule has 0 aromatic carbocycles. The lowest BCUT2D eigenvalue weighted by molar-refractivity contribution is -0.149. The molecule has 3 rings (SSSR count). The molecule has 0 bridgehead atoms. The van der Waals surface area contributed by atoms with Crippen LogP contribution in [-0.4, -0.2) is 86.3 Å². The Labute approximate surface area is 165 Å². The number of aromatic amines is 1. The second-order valence-electron chi connectivity index (χ2n) is 7.03. The van der Waals surface area contributed by atoms with Gasteiger partial charge in [-0.2, -0.15) is 0 Å². The largest absolute Gasteiger partial charge is 0.480 e. The number of likely N-dealkylation sites (tertiary alicyclic amines) is 1. The van der Waals surface area contributed by atoms with Crippen molar-refractivity contribution in [1.29, 1.82) is 0 Å². The number of carboxylic acid groups (broad SMARTS) is 1. The number of amides is 5. The molecule has 0 unspecified atom stereocenters. The Morgan fingerprint density at radius 3 is 2.76 bits per heavy atom. The average Bonchev–Trinajstić information content (AvgIpc) is 3.36. The predicted molar refractivity (Wildman–Crippen MR) is 96.3 cm³/mol. The zero-order valence-electron chi connectivity index (χ0n) is 15.8. The van der Waals surface area contributed by atoms with E-state index >= 15 is 0 Å². The molecule has 12 nitrogen and oxygen atoms in total. The van der Waals surface area contributed by atoms with Crippen molar-refractivity contribution in [2.24, 2.45) is 0 Å². The number of rotatable bonds is 6. The van der Waals surface area contributed by atoms with Crippen LogP contribution in [0.15, 0.2) is 12.5 Å². The van der Waals surface area contributed by atoms with Gasteiger partial charge in [0.25, 0.3) is 0 Å². The standard InChI is InChI=1S/C17H22N6O6/c1-22-13(24)6-10(21-17(22)29)14(25)20-11(5-9-7-18-8-19-9)15(26)23-4-2-3-12(23)16(27)28/h7-8,10-12H,2-6H2,1H3,(H,18,19)(H,20,25)(H,21,29)(H,27,28)/t10-,11+,12+/m0/s1. The first-order valence-electron chi connectivity index (χ1n) is 9.16. The van der Waals surface area contributed by atoms with Gasteiger partial charge in [-0.25, -0.2) is 14.6 Å². The van der Waals surface area contributed by atoms with Crippen LogP contribution in [0.4, 0.5) is 4.79 Å². The number of imide groups is 1. The Balaban J connectivity index is 1.76. The number of nitrogens with zero attached hydrogens (tertiary/aromatic N) is 3. The van der Waals surface area contributed by atoms with E-state index in [1.807, 2.05) is 0 Å². The van der Waals surface area contributed by atoms with Crippen LogP contribution >= 0.6 is 0 Å². The first-order valence-corrected chi connectivity index (χ1v) is 9.16. The molecule has 0 radical (unpaired) electrons. The average molecular weight is 406 g/mol. The normalized spacial score (nSPS) is 22.9. The number of aromatic nitrogens is 2. The van der Waals surface area contributed by atoms with Crippen molar-refractivity contribution in [2.45, 2.75) is 43.8 Å². The number of hydrogen-bond acceptors (Lipinski definition) is 6. The van der Waals surface area contributed by atoms with Gasteiger partial charge >= 0.3 is 12.0 Å². The first-order chi connectivity index (χ1) is 13.8. The minimum atomic E-state index is -1.11. The SMILES string of the molecule is CN1C(=O)C[C@@H](C(=O)N[C@H](Cc2cnc[nH]2)C(=O)N2CCC[C@@H]2C(=O)O)NC1=O. The van der Waals surface area contributed by atoms with E-state index in [1.165, 1.54) is 24.5 Å². The number of nitrogens with one attached hydrogen (secondary N) is 3. The van der Waals surface area contributed by atoms with Gasteiger partial charge in [-0.05, 0) is 12.8 Å². The van der Waals surface area contributed by atoms with Crippen molar-refractivity contribution < 1.29 is 29.1 Å². The third-order valence-electron chi connectivity index (χ3n) is 5.09. The molecule has 1 aromatic heterocycles. The van der Waals surface area contributed by atoms with E-state index in [1.54, 1.807) is 0 Å². The molecule has 2 saturated heterocycles. The lowest BCUT2D eigenvalue weighted by Crippen LogP contribution is -2.61. The molecule has 2 aliphatic rings. The summed E-state index contributed by atoms with van der Waals surface area (Å²) in [6.45, 7) is 0.272. The smallest absolute Gasteiger partial charge is 0.326 e. The van der Waals surface area contributed by atoms with Crippen LogP contribution in [0.3, 0.4) is 0 Å². The summed E-state index contributed by atoms with van der Waals surface area (Å²) in [5.74, 6) is -2.85. The highest BCUT2D eigenvalue weighted by Crippen LogP contribution is 2.19. The fourth-order valence-electron chi connectivity index (χ4n) is 3.46. The molecule has 4 N–H and O–H groups in total. The lowest BCUT2D eigenvalue weighted by atomic mass is 10.1. The summed E-state index contributed by atoms with van der Waals surface area (Å²) in [4.78, 5) is 69.6. The molecule has 1 aromatic rings. The van der Waals surface area contributed by atoms with Crippen molar-refractivity contribution >= 4 is 29.7 Å². The molecule has 2 fully saturated rings. The van der Waals surface area contributed by atoms with Gasteiger partial charge in [-0.1, -0.05) is 0 Å². The van der Waals surface area contributed by atoms with E-state index in [0.717, 1.165) is 4.90 Å². The minimum absolute atomic E-state index is 0.0575. The van der Waals surface area contributed by atoms with Crippen LogP contribution in [0.2, 0.25) is 0 Å². The number of carbonyl (C=O) groups excluding carboxylic acids is 4. The van der Waals surface area contributed by atoms with E-state index in [9.17, 15) is 29.1 Å². The Morgan fingerprint density at radius 2 is 2.14 bits per heavy atom. The summed E-state index contributed by atoms with van der Waals surface area (Å²) in [5, 5.41) is 14.3. The lowest BCUT2D eigenvalue weighted by Gasteiger charge is -2.31. The summed E-state index contributed by atoms with van der Waals surface area (Å²) < 4.78 is 0. The quantitative estimate of drug-likeness (QED) is 0.444. The van der Waals surface area contributed by atoms with Gasteiger partial charge in [0, 0.05) is 31.9 Å². The number of urea groups is 1. The zero-order chi connectivity index (χ0) is 21.1. The van der Waals surface area contributed by atoms with E-state index in [2.05, 4.69) is 20.6 Å². The van der Waals surface area contributed by atoms with Gasteiger partial charge in [-0.15, -0.1) is 0 Å². The number of imidazole rings is 1. The van der Waals surface area contributed by atoms with Crippen LogP contribution in [-0.2, 0) is 25.6 Å². The summed E-state index contributed by atoms with van der Waals surface area (Å²) in [7, 11) is 1.30. The maximum atomic E-state index is 13.0. The molecule has 3 atom stereocenters. The molecule has 0 aliphatic carbocycles. The monoisotopic (exact) mass is 406 g/mol. The molecule has 5 amide bonds. The van der Waals surface area contributed by atoms with Crippen LogP contribution in [0, 0.1) is 0 Å². The summed E-state index contributed by atoms with van der Waals surface area (Å²) in [6.07, 6.45) is 3.62. The third-order valence-corrected chi connectivity index (χ3v) is 5.09. The maximum absolute atomic E-state index is 13.0. The number of hydrogen-bond donors (Lipinski definition) is 4. The van der Waals surface area contributed by atoms with E-state index in [4.69, 9.17) is 0 Å². The second-order valence-corrected chi connectivity index (χ2v) is 7.03. The summed E-state index contributed by atoms with van der Waals surface area (Å²) in [6, 6.07) is -3.84. The Morgan fingerprint density at radius 1 is 1.38 bits per heavy atom. The van der Waals surface area contributed by atoms with Gasteiger partial charge in [0.15, 0.2) is 0 Å². The van der Waals surface area contributed by atoms with Crippen LogP contribution in [0.1, 0.15) is 25.0 Å². The number of carbonyl (C=O) groups is 5. The molecule has 3 heterocycles. The fraction of sp³-hybridized carbons (Fsp3) is 0.529. The molecule has 156 valence electrons. The second kappa shape index (κ2) is 8.29. The van der Waals surface area contributed by atoms with Gasteiger partial charge < -0.3 is 25.6 Å². The molecule has 2 aliphatic heterocycles. The molecule has 0 spiro atoms. The Bertz CT molecular complexity index is 806. The van der Waals surface area contributed by atoms with Crippen molar-refractivity contribution in [3.05, 3.63) is 18.2 Å². The highest BCUT2D eigenvalue weighted by atomic mass is 16.4. The molecular weight excluding hydrogens is 384 g/mol. The third kappa shape index (κ3) is 4.36. The van der Waals surface area contributed by atoms with Gasteiger partial charge in [0.1, 0.15) is 18.1 Å². The highest BCUT2D eigenvalue weighted by molar-refractivity contribution is 6.03. The minimum Gasteiger partial charge on any atom is -0.480 e. The summed E-state index contributed by atoms with van der Waals surface area (Å²) >= 11 is 0. The topological polar surface area (TPSA) is 165 Å². The van der Waals surface area contributed by atoms with Crippen molar-refractivity contribution in [3.8, 4) is 0 Å². The van der Waals surface area contributed by atoms with Crippen molar-refractivity contribution in [1.82, 2.24) is 30.4 Å². The predicted octanol–water partition coefficient (Wildman–Crippen LogP) is -1.55. The number of H-pyrrole nitrogens is 1. The molecule has 12 heteroatoms. The molecule has 0 saturated carbocycles. The van der Waals surface area contributed by atoms with Crippen LogP contribution in [0.25, 0.3) is 0 Å². The van der Waals surface area contributed by atoms with Crippen LogP contribution < -0.4 is 10.6 Å². The van der Waals surface area contributed by atoms with Gasteiger partial charge in [0.2, 0.25) is 17.7 Å². The van der Waals surface area contributed by atoms with E-state index in [-0.39, 0.29) is 19.4 Å². The van der Waals surface area contributed by atoms with Crippen LogP contribution in [0.5, 0.6) is 0 Å². The number of carboxylic acids is 1. The van der Waals surface area contributed by atoms with Gasteiger partial charge in [-0.3, -0.25) is 19.3 Å². The fourth-order valence-corrected chi connectivity index (χ4v) is 3.46. The maximum Gasteiger partial charge on any atom is 0.326 e. The Kier molecular flexibility index (Phi) is 5.80. The summed E-state index contributed by atoms with van der Waals surface area (Å²) in [5.41, 5.74) is 0.568. The Hall–Kier alpha value is -3.44. The van der Waals surface area contributed by atoms with Crippen molar-refractivity contribution in [2.75, 3.05) is 13.6 Å². The highest BCUT2D eigenvalue weighted by Gasteiger charge is 2.40. The number of aliphatic carboxylic acids is 1. The van der Waals surface area contributed by atoms with E-state index in [0.29, 0.717) is 18.5 Å². The van der Waals surface area contributed by atoms with E-state index < -0.39 is 47.8 Å². The first kappa shape index (κ1) is 20.3. The molecule has 29 heavy (non-hydrogen) atoms. The van der Waals surface area contributed by atoms with Crippen molar-refractivity contribution in [3.63, 3.8) is 0 Å². The van der Waals surface area contributed by atoms with Gasteiger partial charge in [0.05, 0.1) is 12.7 Å². The molecular formula is C17H22N6O6. The zero-order valence-corrected chi connectivity index (χ0v) is 15.8.